The number of anilines is 1. The molecule has 8 heteroatoms. The molecule has 1 spiro atoms. The second kappa shape index (κ2) is 11.5. The zero-order valence-electron chi connectivity index (χ0n) is 26.7. The van der Waals surface area contributed by atoms with Gasteiger partial charge >= 0.3 is 0 Å². The van der Waals surface area contributed by atoms with Crippen LogP contribution in [0.3, 0.4) is 0 Å². The molecule has 0 aliphatic carbocycles. The number of carbonyl (C=O) groups excluding carboxylic acids is 3. The number of hydrogen-bond donors (Lipinski definition) is 1. The van der Waals surface area contributed by atoms with E-state index in [1.165, 1.54) is 0 Å². The number of ether oxygens (including phenoxy) is 1. The Morgan fingerprint density at radius 3 is 2.23 bits per heavy atom. The molecule has 2 fully saturated rings. The highest BCUT2D eigenvalue weighted by Crippen LogP contribution is 2.59. The van der Waals surface area contributed by atoms with Gasteiger partial charge in [-0.05, 0) is 63.5 Å². The molecule has 8 nitrogen and oxygen atoms in total. The zero-order chi connectivity index (χ0) is 31.2. The molecule has 4 aliphatic heterocycles. The van der Waals surface area contributed by atoms with E-state index in [0.717, 1.165) is 18.5 Å². The fourth-order valence-corrected chi connectivity index (χ4v) is 8.35. The van der Waals surface area contributed by atoms with Crippen molar-refractivity contribution in [1.29, 1.82) is 0 Å². The molecule has 4 aliphatic rings. The van der Waals surface area contributed by atoms with Gasteiger partial charge in [0.05, 0.1) is 17.4 Å². The van der Waals surface area contributed by atoms with Gasteiger partial charge < -0.3 is 24.5 Å². The van der Waals surface area contributed by atoms with Gasteiger partial charge in [-0.25, -0.2) is 0 Å². The molecule has 1 aromatic rings. The maximum Gasteiger partial charge on any atom is 0.249 e. The highest BCUT2D eigenvalue weighted by molar-refractivity contribution is 6.04. The Balaban J connectivity index is 1.62. The van der Waals surface area contributed by atoms with E-state index in [9.17, 15) is 19.5 Å². The predicted octanol–water partition coefficient (Wildman–Crippen LogP) is 4.73. The van der Waals surface area contributed by atoms with Crippen LogP contribution in [-0.4, -0.2) is 81.7 Å². The number of fused-ring (bicyclic) bond motifs is 2. The molecule has 5 rings (SSSR count). The third-order valence-corrected chi connectivity index (χ3v) is 9.76. The number of rotatable bonds is 9. The van der Waals surface area contributed by atoms with Gasteiger partial charge in [-0.2, -0.15) is 0 Å². The minimum atomic E-state index is -1.27. The Hall–Kier alpha value is -2.97. The number of nitrogens with zero attached hydrogens (tertiary/aromatic N) is 3. The van der Waals surface area contributed by atoms with Crippen molar-refractivity contribution in [3.8, 4) is 0 Å². The quantitative estimate of drug-likeness (QED) is 0.331. The smallest absolute Gasteiger partial charge is 0.249 e. The van der Waals surface area contributed by atoms with Crippen LogP contribution in [0.4, 0.5) is 5.69 Å². The second-order valence-electron chi connectivity index (χ2n) is 14.5. The van der Waals surface area contributed by atoms with E-state index < -0.39 is 34.6 Å². The summed E-state index contributed by atoms with van der Waals surface area (Å²) in [5.41, 5.74) is -1.99. The van der Waals surface area contributed by atoms with Crippen molar-refractivity contribution in [3.05, 3.63) is 54.6 Å². The highest BCUT2D eigenvalue weighted by atomic mass is 16.5. The monoisotopic (exact) mass is 591 g/mol. The number of hydrogen-bond acceptors (Lipinski definition) is 5. The Bertz CT molecular complexity index is 1280. The molecular formula is C35H49N3O5. The summed E-state index contributed by atoms with van der Waals surface area (Å²) in [6.07, 6.45) is 11.2. The van der Waals surface area contributed by atoms with Gasteiger partial charge in [-0.15, -0.1) is 0 Å². The average Bonchev–Trinajstić information content (AvgIpc) is 3.22. The topological polar surface area (TPSA) is 90.4 Å². The van der Waals surface area contributed by atoms with Crippen LogP contribution in [0, 0.1) is 17.3 Å². The first-order chi connectivity index (χ1) is 20.3. The fourth-order valence-electron chi connectivity index (χ4n) is 8.35. The van der Waals surface area contributed by atoms with E-state index in [0.29, 0.717) is 38.9 Å². The van der Waals surface area contributed by atoms with Crippen molar-refractivity contribution in [2.75, 3.05) is 31.1 Å². The van der Waals surface area contributed by atoms with Crippen LogP contribution < -0.4 is 4.90 Å². The second-order valence-corrected chi connectivity index (χ2v) is 14.5. The van der Waals surface area contributed by atoms with Crippen molar-refractivity contribution in [1.82, 2.24) is 9.80 Å². The Morgan fingerprint density at radius 2 is 1.58 bits per heavy atom. The van der Waals surface area contributed by atoms with Crippen LogP contribution in [0.2, 0.25) is 0 Å². The summed E-state index contributed by atoms with van der Waals surface area (Å²) in [5.74, 6) is -2.08. The van der Waals surface area contributed by atoms with E-state index in [2.05, 4.69) is 34.6 Å². The average molecular weight is 592 g/mol. The normalized spacial score (nSPS) is 30.8. The number of aliphatic hydroxyl groups is 1. The molecule has 2 saturated heterocycles. The summed E-state index contributed by atoms with van der Waals surface area (Å²) >= 11 is 0. The number of carbonyl (C=O) groups is 3. The first-order valence-electron chi connectivity index (χ1n) is 16.0. The van der Waals surface area contributed by atoms with E-state index in [4.69, 9.17) is 4.74 Å². The van der Waals surface area contributed by atoms with Gasteiger partial charge in [-0.1, -0.05) is 70.2 Å². The molecule has 1 N–H and O–H groups in total. The lowest BCUT2D eigenvalue weighted by molar-refractivity contribution is -0.156. The Morgan fingerprint density at radius 1 is 0.884 bits per heavy atom. The largest absolute Gasteiger partial charge is 0.396 e. The molecule has 0 saturated carbocycles. The molecule has 5 atom stereocenters. The summed E-state index contributed by atoms with van der Waals surface area (Å²) in [6.45, 7) is 14.0. The van der Waals surface area contributed by atoms with Gasteiger partial charge in [0.1, 0.15) is 11.6 Å². The summed E-state index contributed by atoms with van der Waals surface area (Å²) in [5, 5.41) is 9.36. The Labute approximate surface area is 256 Å². The first-order valence-corrected chi connectivity index (χ1v) is 16.0. The van der Waals surface area contributed by atoms with E-state index in [1.54, 1.807) is 9.80 Å². The number of para-hydroxylation sites is 1. The molecule has 43 heavy (non-hydrogen) atoms. The lowest BCUT2D eigenvalue weighted by Gasteiger charge is -2.45. The number of aliphatic hydroxyl groups excluding tert-OH is 1. The van der Waals surface area contributed by atoms with E-state index in [1.807, 2.05) is 66.5 Å². The fraction of sp³-hybridized carbons (Fsp3) is 0.629. The molecule has 1 aromatic carbocycles. The van der Waals surface area contributed by atoms with Crippen molar-refractivity contribution in [2.45, 2.75) is 96.4 Å². The summed E-state index contributed by atoms with van der Waals surface area (Å²) in [6, 6.07) is 8.67. The molecule has 0 bridgehead atoms. The molecule has 0 radical (unpaired) electrons. The highest BCUT2D eigenvalue weighted by Gasteiger charge is 2.75. The SMILES string of the molecule is CC[C@@]12C=CCN(c3ccccc3)C(=O)[C@@H]1[C@H]1C(=O)N(CCCCCO)C3C(=O)N(C(C)(C)CC(C)(C)C)CC=C[C@@]31O2. The van der Waals surface area contributed by atoms with Gasteiger partial charge in [0, 0.05) is 37.5 Å². The van der Waals surface area contributed by atoms with E-state index >= 15 is 0 Å². The standard InChI is InChI=1S/C35H49N3O5/c1-7-34-18-14-21-36(25-16-10-8-11-17-25)29(40)26(34)27-30(41)37(20-12-9-13-23-39)28-31(42)38(22-15-19-35(27,28)43-34)33(5,6)24-32(2,3)4/h8,10-11,14-19,26-28,39H,7,9,12-13,20-24H2,1-6H3/t26-,27-,28?,34+,35-/m0/s1. The number of unbranched alkanes of at least 4 members (excludes halogenated alkanes) is 2. The summed E-state index contributed by atoms with van der Waals surface area (Å²) in [4.78, 5) is 49.5. The molecule has 234 valence electrons. The molecular weight excluding hydrogens is 542 g/mol. The third kappa shape index (κ3) is 5.35. The van der Waals surface area contributed by atoms with Crippen LogP contribution in [0.25, 0.3) is 0 Å². The van der Waals surface area contributed by atoms with Gasteiger partial charge in [-0.3, -0.25) is 14.4 Å². The number of likely N-dealkylation sites (tertiary alicyclic amines) is 1. The van der Waals surface area contributed by atoms with Crippen molar-refractivity contribution >= 4 is 23.4 Å². The van der Waals surface area contributed by atoms with Crippen molar-refractivity contribution in [2.24, 2.45) is 17.3 Å². The van der Waals surface area contributed by atoms with Crippen LogP contribution >= 0.6 is 0 Å². The maximum absolute atomic E-state index is 14.8. The predicted molar refractivity (Wildman–Crippen MR) is 167 cm³/mol. The molecule has 4 heterocycles. The lowest BCUT2D eigenvalue weighted by atomic mass is 9.72. The zero-order valence-corrected chi connectivity index (χ0v) is 26.7. The van der Waals surface area contributed by atoms with Crippen LogP contribution in [-0.2, 0) is 19.1 Å². The van der Waals surface area contributed by atoms with Crippen LogP contribution in [0.15, 0.2) is 54.6 Å². The van der Waals surface area contributed by atoms with Gasteiger partial charge in [0.2, 0.25) is 17.7 Å². The third-order valence-electron chi connectivity index (χ3n) is 9.76. The van der Waals surface area contributed by atoms with Crippen LogP contribution in [0.1, 0.15) is 73.6 Å². The van der Waals surface area contributed by atoms with Crippen molar-refractivity contribution < 1.29 is 24.2 Å². The molecule has 3 amide bonds. The molecule has 0 aromatic heterocycles. The minimum absolute atomic E-state index is 0.0169. The summed E-state index contributed by atoms with van der Waals surface area (Å²) in [7, 11) is 0. The minimum Gasteiger partial charge on any atom is -0.396 e. The van der Waals surface area contributed by atoms with Crippen LogP contribution in [0.5, 0.6) is 0 Å². The number of amides is 3. The van der Waals surface area contributed by atoms with Gasteiger partial charge in [0.15, 0.2) is 0 Å². The lowest BCUT2D eigenvalue weighted by Crippen LogP contribution is -2.60. The maximum atomic E-state index is 14.8. The van der Waals surface area contributed by atoms with Crippen molar-refractivity contribution in [3.63, 3.8) is 0 Å². The first kappa shape index (κ1) is 31.5. The van der Waals surface area contributed by atoms with E-state index in [-0.39, 0.29) is 29.7 Å². The van der Waals surface area contributed by atoms with Gasteiger partial charge in [0.25, 0.3) is 0 Å². The number of benzene rings is 1. The Kier molecular flexibility index (Phi) is 8.42. The summed E-state index contributed by atoms with van der Waals surface area (Å²) < 4.78 is 7.12. The molecule has 1 unspecified atom stereocenters.